The molecule has 0 saturated heterocycles. The van der Waals surface area contributed by atoms with Crippen molar-refractivity contribution in [2.45, 2.75) is 6.42 Å². The Morgan fingerprint density at radius 2 is 1.88 bits per heavy atom. The number of thiazole rings is 1. The lowest BCUT2D eigenvalue weighted by molar-refractivity contribution is 0.516. The molecule has 4 nitrogen and oxygen atoms in total. The molecule has 0 spiro atoms. The molecule has 4 aromatic rings. The van der Waals surface area contributed by atoms with E-state index in [-0.39, 0.29) is 5.82 Å². The van der Waals surface area contributed by atoms with E-state index in [9.17, 15) is 4.39 Å². The maximum Gasteiger partial charge on any atom is 0.247 e. The van der Waals surface area contributed by atoms with Crippen LogP contribution in [-0.4, -0.2) is 15.2 Å². The first-order valence-corrected chi connectivity index (χ1v) is 8.72. The summed E-state index contributed by atoms with van der Waals surface area (Å²) < 4.78 is 18.9. The number of hydrogen-bond donors (Lipinski definition) is 0. The van der Waals surface area contributed by atoms with Crippen molar-refractivity contribution in [1.82, 2.24) is 15.2 Å². The third-order valence-electron chi connectivity index (χ3n) is 3.51. The predicted octanol–water partition coefficient (Wildman–Crippen LogP) is 5.24. The molecule has 0 saturated carbocycles. The smallest absolute Gasteiger partial charge is 0.247 e. The summed E-state index contributed by atoms with van der Waals surface area (Å²) in [6.07, 6.45) is 0.423. The Hall–Kier alpha value is -2.57. The quantitative estimate of drug-likeness (QED) is 0.492. The average molecular weight is 372 g/mol. The van der Waals surface area contributed by atoms with Gasteiger partial charge in [-0.2, -0.15) is 0 Å². The molecule has 0 atom stereocenters. The second kappa shape index (κ2) is 6.74. The van der Waals surface area contributed by atoms with Crippen LogP contribution in [0.25, 0.3) is 22.0 Å². The molecular formula is C18H11ClFN3OS. The van der Waals surface area contributed by atoms with E-state index in [4.69, 9.17) is 16.0 Å². The number of hydrogen-bond acceptors (Lipinski definition) is 5. The molecule has 4 rings (SSSR count). The highest BCUT2D eigenvalue weighted by Crippen LogP contribution is 2.26. The largest absolute Gasteiger partial charge is 0.420 e. The third kappa shape index (κ3) is 3.60. The van der Waals surface area contributed by atoms with Crippen LogP contribution in [0.15, 0.2) is 58.3 Å². The second-order valence-corrected chi connectivity index (χ2v) is 6.63. The average Bonchev–Trinajstić information content (AvgIpc) is 3.26. The Balaban J connectivity index is 1.52. The molecule has 0 radical (unpaired) electrons. The number of nitrogens with zero attached hydrogens (tertiary/aromatic N) is 3. The van der Waals surface area contributed by atoms with E-state index in [1.807, 2.05) is 29.6 Å². The molecule has 2 heterocycles. The van der Waals surface area contributed by atoms with Crippen LogP contribution in [0.1, 0.15) is 11.6 Å². The zero-order valence-electron chi connectivity index (χ0n) is 12.8. The SMILES string of the molecule is Fc1cccc(-c2nnc(Cc3csc(-c4ccc(Cl)cc4)n3)o2)c1. The van der Waals surface area contributed by atoms with Gasteiger partial charge >= 0.3 is 0 Å². The lowest BCUT2D eigenvalue weighted by Gasteiger charge is -1.96. The molecule has 0 aliphatic rings. The van der Waals surface area contributed by atoms with E-state index in [1.54, 1.807) is 12.1 Å². The molecule has 0 aliphatic heterocycles. The van der Waals surface area contributed by atoms with E-state index in [1.165, 1.54) is 23.5 Å². The standard InChI is InChI=1S/C18H11ClFN3OS/c19-13-6-4-11(5-7-13)18-21-15(10-25-18)9-16-22-23-17(24-16)12-2-1-3-14(20)8-12/h1-8,10H,9H2. The van der Waals surface area contributed by atoms with Gasteiger partial charge in [-0.1, -0.05) is 29.8 Å². The van der Waals surface area contributed by atoms with Crippen LogP contribution < -0.4 is 0 Å². The Morgan fingerprint density at radius 1 is 1.04 bits per heavy atom. The van der Waals surface area contributed by atoms with E-state index in [2.05, 4.69) is 15.2 Å². The molecule has 0 aliphatic carbocycles. The molecule has 124 valence electrons. The van der Waals surface area contributed by atoms with Gasteiger partial charge in [0.1, 0.15) is 10.8 Å². The van der Waals surface area contributed by atoms with Gasteiger partial charge in [0.15, 0.2) is 0 Å². The first-order chi connectivity index (χ1) is 12.2. The van der Waals surface area contributed by atoms with Gasteiger partial charge in [0, 0.05) is 21.5 Å². The normalized spacial score (nSPS) is 11.0. The molecule has 25 heavy (non-hydrogen) atoms. The Morgan fingerprint density at radius 3 is 2.68 bits per heavy atom. The second-order valence-electron chi connectivity index (χ2n) is 5.34. The topological polar surface area (TPSA) is 51.8 Å². The number of benzene rings is 2. The fraction of sp³-hybridized carbons (Fsp3) is 0.0556. The van der Waals surface area contributed by atoms with Crippen LogP contribution in [0.5, 0.6) is 0 Å². The van der Waals surface area contributed by atoms with Crippen LogP contribution in [-0.2, 0) is 6.42 Å². The van der Waals surface area contributed by atoms with Gasteiger partial charge in [0.25, 0.3) is 0 Å². The Bertz CT molecular complexity index is 1010. The summed E-state index contributed by atoms with van der Waals surface area (Å²) in [5.41, 5.74) is 2.40. The fourth-order valence-electron chi connectivity index (χ4n) is 2.33. The van der Waals surface area contributed by atoms with Crippen LogP contribution >= 0.6 is 22.9 Å². The van der Waals surface area contributed by atoms with Crippen molar-refractivity contribution in [2.75, 3.05) is 0 Å². The maximum atomic E-state index is 13.3. The monoisotopic (exact) mass is 371 g/mol. The van der Waals surface area contributed by atoms with Crippen molar-refractivity contribution in [3.05, 3.63) is 76.3 Å². The molecule has 0 bridgehead atoms. The molecule has 0 amide bonds. The Kier molecular flexibility index (Phi) is 4.29. The van der Waals surface area contributed by atoms with Gasteiger partial charge < -0.3 is 4.42 Å². The number of halogens is 2. The zero-order chi connectivity index (χ0) is 17.2. The minimum absolute atomic E-state index is 0.294. The summed E-state index contributed by atoms with van der Waals surface area (Å²) in [5, 5.41) is 11.5. The van der Waals surface area contributed by atoms with Crippen molar-refractivity contribution in [2.24, 2.45) is 0 Å². The molecule has 0 fully saturated rings. The molecule has 7 heteroatoms. The van der Waals surface area contributed by atoms with Crippen LogP contribution in [0.4, 0.5) is 4.39 Å². The summed E-state index contributed by atoms with van der Waals surface area (Å²) in [4.78, 5) is 4.59. The van der Waals surface area contributed by atoms with Gasteiger partial charge in [-0.25, -0.2) is 9.37 Å². The third-order valence-corrected chi connectivity index (χ3v) is 4.71. The highest BCUT2D eigenvalue weighted by Gasteiger charge is 2.12. The molecule has 0 unspecified atom stereocenters. The minimum Gasteiger partial charge on any atom is -0.420 e. The molecule has 2 aromatic carbocycles. The van der Waals surface area contributed by atoms with Crippen LogP contribution in [0.2, 0.25) is 5.02 Å². The Labute approximate surface area is 151 Å². The highest BCUT2D eigenvalue weighted by atomic mass is 35.5. The summed E-state index contributed by atoms with van der Waals surface area (Å²) in [6.45, 7) is 0. The van der Waals surface area contributed by atoms with Gasteiger partial charge in [-0.05, 0) is 30.3 Å². The molecule has 2 aromatic heterocycles. The van der Waals surface area contributed by atoms with Crippen molar-refractivity contribution < 1.29 is 8.81 Å². The maximum absolute atomic E-state index is 13.3. The molecular weight excluding hydrogens is 361 g/mol. The van der Waals surface area contributed by atoms with E-state index >= 15 is 0 Å². The molecule has 0 N–H and O–H groups in total. The van der Waals surface area contributed by atoms with E-state index in [0.29, 0.717) is 28.8 Å². The van der Waals surface area contributed by atoms with Crippen molar-refractivity contribution >= 4 is 22.9 Å². The number of aromatic nitrogens is 3. The minimum atomic E-state index is -0.343. The van der Waals surface area contributed by atoms with Crippen LogP contribution in [0, 0.1) is 5.82 Å². The first kappa shape index (κ1) is 15.9. The summed E-state index contributed by atoms with van der Waals surface area (Å²) >= 11 is 7.45. The van der Waals surface area contributed by atoms with Crippen LogP contribution in [0.3, 0.4) is 0 Å². The van der Waals surface area contributed by atoms with Crippen molar-refractivity contribution in [3.63, 3.8) is 0 Å². The zero-order valence-corrected chi connectivity index (χ0v) is 14.4. The van der Waals surface area contributed by atoms with Gasteiger partial charge in [-0.3, -0.25) is 0 Å². The van der Waals surface area contributed by atoms with Gasteiger partial charge in [0.2, 0.25) is 11.8 Å². The van der Waals surface area contributed by atoms with Crippen molar-refractivity contribution in [3.8, 4) is 22.0 Å². The summed E-state index contributed by atoms with van der Waals surface area (Å²) in [5.74, 6) is 0.388. The van der Waals surface area contributed by atoms with E-state index in [0.717, 1.165) is 16.3 Å². The summed E-state index contributed by atoms with van der Waals surface area (Å²) in [6, 6.07) is 13.6. The highest BCUT2D eigenvalue weighted by molar-refractivity contribution is 7.13. The lowest BCUT2D eigenvalue weighted by Crippen LogP contribution is -1.88. The van der Waals surface area contributed by atoms with E-state index < -0.39 is 0 Å². The predicted molar refractivity (Wildman–Crippen MR) is 95.1 cm³/mol. The fourth-order valence-corrected chi connectivity index (χ4v) is 3.28. The van der Waals surface area contributed by atoms with Gasteiger partial charge in [-0.15, -0.1) is 21.5 Å². The van der Waals surface area contributed by atoms with Crippen molar-refractivity contribution in [1.29, 1.82) is 0 Å². The van der Waals surface area contributed by atoms with Gasteiger partial charge in [0.05, 0.1) is 12.1 Å². The summed E-state index contributed by atoms with van der Waals surface area (Å²) in [7, 11) is 0. The lowest BCUT2D eigenvalue weighted by atomic mass is 10.2. The number of rotatable bonds is 4. The first-order valence-electron chi connectivity index (χ1n) is 7.46.